The molecule has 0 aromatic heterocycles. The highest BCUT2D eigenvalue weighted by atomic mass is 35.5. The van der Waals surface area contributed by atoms with Crippen molar-refractivity contribution in [3.8, 4) is 5.75 Å². The molecule has 1 fully saturated rings. The summed E-state index contributed by atoms with van der Waals surface area (Å²) in [6.45, 7) is 2.34. The van der Waals surface area contributed by atoms with E-state index in [0.717, 1.165) is 11.1 Å². The van der Waals surface area contributed by atoms with Crippen molar-refractivity contribution >= 4 is 29.1 Å². The van der Waals surface area contributed by atoms with Crippen LogP contribution in [0.4, 0.5) is 5.69 Å². The maximum atomic E-state index is 13.4. The van der Waals surface area contributed by atoms with Crippen molar-refractivity contribution in [2.45, 2.75) is 18.8 Å². The molecule has 5 heteroatoms. The highest BCUT2D eigenvalue weighted by molar-refractivity contribution is 6.32. The van der Waals surface area contributed by atoms with Gasteiger partial charge in [0.2, 0.25) is 11.8 Å². The van der Waals surface area contributed by atoms with E-state index in [1.807, 2.05) is 49.4 Å². The van der Waals surface area contributed by atoms with E-state index >= 15 is 0 Å². The van der Waals surface area contributed by atoms with Crippen LogP contribution >= 0.6 is 11.6 Å². The van der Waals surface area contributed by atoms with Gasteiger partial charge in [-0.05, 0) is 30.2 Å². The van der Waals surface area contributed by atoms with Crippen LogP contribution in [-0.4, -0.2) is 18.4 Å². The number of hydrogen-bond acceptors (Lipinski definition) is 3. The van der Waals surface area contributed by atoms with Gasteiger partial charge in [-0.3, -0.25) is 9.59 Å². The largest absolute Gasteiger partial charge is 0.492 e. The number of imide groups is 1. The first-order valence-electron chi connectivity index (χ1n) is 9.19. The van der Waals surface area contributed by atoms with Gasteiger partial charge in [-0.25, -0.2) is 4.90 Å². The lowest BCUT2D eigenvalue weighted by Gasteiger charge is -2.42. The van der Waals surface area contributed by atoms with Gasteiger partial charge in [0.15, 0.2) is 0 Å². The monoisotopic (exact) mass is 379 g/mol. The summed E-state index contributed by atoms with van der Waals surface area (Å²) in [6.07, 6.45) is 1.96. The van der Waals surface area contributed by atoms with E-state index in [4.69, 9.17) is 16.3 Å². The van der Waals surface area contributed by atoms with E-state index in [9.17, 15) is 9.59 Å². The molecule has 4 atom stereocenters. The second-order valence-electron chi connectivity index (χ2n) is 7.15. The van der Waals surface area contributed by atoms with Crippen LogP contribution in [0.5, 0.6) is 5.75 Å². The minimum absolute atomic E-state index is 0.163. The van der Waals surface area contributed by atoms with E-state index < -0.39 is 11.8 Å². The van der Waals surface area contributed by atoms with Crippen molar-refractivity contribution < 1.29 is 14.3 Å². The number of ether oxygens (including phenoxy) is 1. The number of benzene rings is 2. The van der Waals surface area contributed by atoms with E-state index in [2.05, 4.69) is 0 Å². The van der Waals surface area contributed by atoms with Crippen LogP contribution in [-0.2, 0) is 9.59 Å². The molecule has 0 radical (unpaired) electrons. The average Bonchev–Trinajstić information content (AvgIpc) is 2.94. The maximum absolute atomic E-state index is 13.4. The first-order chi connectivity index (χ1) is 13.1. The molecule has 3 aliphatic carbocycles. The Kier molecular flexibility index (Phi) is 3.66. The molecule has 27 heavy (non-hydrogen) atoms. The highest BCUT2D eigenvalue weighted by Crippen LogP contribution is 2.59. The molecular weight excluding hydrogens is 362 g/mol. The minimum Gasteiger partial charge on any atom is -0.492 e. The van der Waals surface area contributed by atoms with Crippen LogP contribution in [0.15, 0.2) is 59.6 Å². The Bertz CT molecular complexity index is 999. The number of halogens is 1. The molecular formula is C22H18ClNO3. The maximum Gasteiger partial charge on any atom is 0.238 e. The van der Waals surface area contributed by atoms with Crippen molar-refractivity contribution in [2.75, 3.05) is 11.5 Å². The molecule has 1 heterocycles. The Labute approximate surface area is 162 Å². The van der Waals surface area contributed by atoms with Gasteiger partial charge in [0, 0.05) is 16.9 Å². The topological polar surface area (TPSA) is 46.6 Å². The first-order valence-corrected chi connectivity index (χ1v) is 9.57. The quantitative estimate of drug-likeness (QED) is 0.750. The van der Waals surface area contributed by atoms with Gasteiger partial charge < -0.3 is 4.74 Å². The molecule has 4 aliphatic rings. The van der Waals surface area contributed by atoms with Gasteiger partial charge in [-0.2, -0.15) is 0 Å². The molecule has 136 valence electrons. The summed E-state index contributed by atoms with van der Waals surface area (Å²) in [5, 5.41) is 0.668. The number of hydrogen-bond donors (Lipinski definition) is 0. The summed E-state index contributed by atoms with van der Waals surface area (Å²) in [5.74, 6) is -1.08. The fourth-order valence-corrected chi connectivity index (χ4v) is 5.26. The number of rotatable bonds is 3. The second kappa shape index (κ2) is 5.96. The lowest BCUT2D eigenvalue weighted by atomic mass is 9.60. The molecule has 1 aliphatic heterocycles. The molecule has 4 nitrogen and oxygen atoms in total. The average molecular weight is 380 g/mol. The summed E-state index contributed by atoms with van der Waals surface area (Å²) in [5.41, 5.74) is 2.69. The third-order valence-corrected chi connectivity index (χ3v) is 6.24. The predicted molar refractivity (Wildman–Crippen MR) is 103 cm³/mol. The normalized spacial score (nSPS) is 28.1. The molecule has 2 aromatic carbocycles. The summed E-state index contributed by atoms with van der Waals surface area (Å²) >= 11 is 6.55. The van der Waals surface area contributed by atoms with Gasteiger partial charge >= 0.3 is 0 Å². The zero-order chi connectivity index (χ0) is 18.7. The number of carbonyl (C=O) groups is 2. The number of amides is 2. The fraction of sp³-hybridized carbons (Fsp3) is 0.273. The molecule has 0 unspecified atom stereocenters. The SMILES string of the molecule is CCOc1ccccc1N1C(=O)[C@@H]2[C@H](C1=O)[C@H]1C(Cl)=C[C@H]2c2ccccc21. The standard InChI is InChI=1S/C22H18ClNO3/c1-2-27-17-10-6-5-9-16(17)24-21(25)19-14-11-15(23)18(20(19)22(24)26)13-8-4-3-7-12(13)14/h3-11,14,18-20H,2H2,1H3/t14-,18+,19-,20+/m0/s1. The predicted octanol–water partition coefficient (Wildman–Crippen LogP) is 4.21. The molecule has 2 bridgehead atoms. The zero-order valence-electron chi connectivity index (χ0n) is 14.8. The van der Waals surface area contributed by atoms with E-state index in [-0.39, 0.29) is 23.7 Å². The minimum atomic E-state index is -0.454. The summed E-state index contributed by atoms with van der Waals surface area (Å²) in [4.78, 5) is 28.1. The van der Waals surface area contributed by atoms with E-state index in [0.29, 0.717) is 23.1 Å². The molecule has 2 aromatic rings. The van der Waals surface area contributed by atoms with Gasteiger partial charge in [-0.1, -0.05) is 54.1 Å². The zero-order valence-corrected chi connectivity index (χ0v) is 15.5. The Morgan fingerprint density at radius 1 is 0.963 bits per heavy atom. The molecule has 1 saturated heterocycles. The van der Waals surface area contributed by atoms with E-state index in [1.54, 1.807) is 12.1 Å². The van der Waals surface area contributed by atoms with Crippen LogP contribution in [0.3, 0.4) is 0 Å². The third kappa shape index (κ3) is 2.16. The van der Waals surface area contributed by atoms with Crippen molar-refractivity contribution in [2.24, 2.45) is 11.8 Å². The Morgan fingerprint density at radius 2 is 1.63 bits per heavy atom. The third-order valence-electron chi connectivity index (χ3n) is 5.88. The lowest BCUT2D eigenvalue weighted by Crippen LogP contribution is -2.38. The molecule has 2 amide bonds. The van der Waals surface area contributed by atoms with Crippen LogP contribution < -0.4 is 9.64 Å². The first kappa shape index (κ1) is 16.6. The summed E-state index contributed by atoms with van der Waals surface area (Å²) in [6, 6.07) is 15.2. The van der Waals surface area contributed by atoms with Crippen molar-refractivity contribution in [3.05, 3.63) is 70.8 Å². The lowest BCUT2D eigenvalue weighted by molar-refractivity contribution is -0.122. The van der Waals surface area contributed by atoms with Gasteiger partial charge in [-0.15, -0.1) is 0 Å². The number of allylic oxidation sites excluding steroid dienone is 2. The van der Waals surface area contributed by atoms with Crippen LogP contribution in [0.1, 0.15) is 29.9 Å². The smallest absolute Gasteiger partial charge is 0.238 e. The number of nitrogens with zero attached hydrogens (tertiary/aromatic N) is 1. The van der Waals surface area contributed by atoms with E-state index in [1.165, 1.54) is 4.90 Å². The van der Waals surface area contributed by atoms with Gasteiger partial charge in [0.05, 0.1) is 24.1 Å². The molecule has 6 rings (SSSR count). The van der Waals surface area contributed by atoms with Gasteiger partial charge in [0.25, 0.3) is 0 Å². The molecule has 0 saturated carbocycles. The fourth-order valence-electron chi connectivity index (χ4n) is 4.87. The van der Waals surface area contributed by atoms with Crippen LogP contribution in [0.25, 0.3) is 0 Å². The van der Waals surface area contributed by atoms with Crippen LogP contribution in [0, 0.1) is 11.8 Å². The Hall–Kier alpha value is -2.59. The second-order valence-corrected chi connectivity index (χ2v) is 7.58. The van der Waals surface area contributed by atoms with Crippen molar-refractivity contribution in [3.63, 3.8) is 0 Å². The van der Waals surface area contributed by atoms with Crippen LogP contribution in [0.2, 0.25) is 0 Å². The Balaban J connectivity index is 1.64. The van der Waals surface area contributed by atoms with Crippen molar-refractivity contribution in [1.29, 1.82) is 0 Å². The van der Waals surface area contributed by atoms with Gasteiger partial charge in [0.1, 0.15) is 5.75 Å². The Morgan fingerprint density at radius 3 is 2.41 bits per heavy atom. The van der Waals surface area contributed by atoms with Crippen molar-refractivity contribution in [1.82, 2.24) is 0 Å². The summed E-state index contributed by atoms with van der Waals surface area (Å²) in [7, 11) is 0. The molecule has 0 N–H and O–H groups in total. The molecule has 0 spiro atoms. The summed E-state index contributed by atoms with van der Waals surface area (Å²) < 4.78 is 5.67. The number of anilines is 1. The highest BCUT2D eigenvalue weighted by Gasteiger charge is 2.60. The number of carbonyl (C=O) groups excluding carboxylic acids is 2. The number of para-hydroxylation sites is 2.